The Hall–Kier alpha value is -0.290. The summed E-state index contributed by atoms with van der Waals surface area (Å²) < 4.78 is 5.73. The molecule has 3 nitrogen and oxygen atoms in total. The SMILES string of the molecule is CC(C)(CCBr)CNC(=O)c1ccc(Br)o1. The maximum atomic E-state index is 11.7. The summed E-state index contributed by atoms with van der Waals surface area (Å²) in [5, 5.41) is 3.80. The van der Waals surface area contributed by atoms with Gasteiger partial charge in [-0.3, -0.25) is 4.79 Å². The Kier molecular flexibility index (Phi) is 5.05. The lowest BCUT2D eigenvalue weighted by molar-refractivity contribution is 0.0907. The van der Waals surface area contributed by atoms with Crippen LogP contribution in [0.4, 0.5) is 0 Å². The van der Waals surface area contributed by atoms with Crippen molar-refractivity contribution in [3.8, 4) is 0 Å². The van der Waals surface area contributed by atoms with E-state index >= 15 is 0 Å². The number of hydrogen-bond donors (Lipinski definition) is 1. The minimum absolute atomic E-state index is 0.0863. The first-order chi connectivity index (χ1) is 7.44. The number of carbonyl (C=O) groups excluding carboxylic acids is 1. The van der Waals surface area contributed by atoms with Gasteiger partial charge in [-0.15, -0.1) is 0 Å². The molecule has 1 N–H and O–H groups in total. The maximum Gasteiger partial charge on any atom is 0.287 e. The molecule has 5 heteroatoms. The van der Waals surface area contributed by atoms with Gasteiger partial charge in [-0.25, -0.2) is 0 Å². The predicted octanol–water partition coefficient (Wildman–Crippen LogP) is 3.58. The molecule has 0 fully saturated rings. The van der Waals surface area contributed by atoms with Crippen LogP contribution in [0.2, 0.25) is 0 Å². The third kappa shape index (κ3) is 4.29. The lowest BCUT2D eigenvalue weighted by Crippen LogP contribution is -2.34. The monoisotopic (exact) mass is 351 g/mol. The molecule has 1 aromatic rings. The van der Waals surface area contributed by atoms with Crippen LogP contribution >= 0.6 is 31.9 Å². The average molecular weight is 353 g/mol. The highest BCUT2D eigenvalue weighted by Crippen LogP contribution is 2.20. The number of hydrogen-bond acceptors (Lipinski definition) is 2. The molecule has 0 unspecified atom stereocenters. The van der Waals surface area contributed by atoms with Crippen LogP contribution < -0.4 is 5.32 Å². The van der Waals surface area contributed by atoms with E-state index in [1.54, 1.807) is 12.1 Å². The second kappa shape index (κ2) is 5.87. The molecule has 1 amide bonds. The van der Waals surface area contributed by atoms with Crippen LogP contribution in [0.25, 0.3) is 0 Å². The molecule has 0 atom stereocenters. The molecular weight excluding hydrogens is 338 g/mol. The van der Waals surface area contributed by atoms with Gasteiger partial charge in [0, 0.05) is 11.9 Å². The fourth-order valence-electron chi connectivity index (χ4n) is 1.19. The number of carbonyl (C=O) groups is 1. The van der Waals surface area contributed by atoms with Crippen molar-refractivity contribution in [1.82, 2.24) is 5.32 Å². The van der Waals surface area contributed by atoms with Crippen molar-refractivity contribution in [2.45, 2.75) is 20.3 Å². The number of halogens is 2. The summed E-state index contributed by atoms with van der Waals surface area (Å²) in [6.07, 6.45) is 1.01. The van der Waals surface area contributed by atoms with Gasteiger partial charge in [0.15, 0.2) is 10.4 Å². The topological polar surface area (TPSA) is 42.2 Å². The minimum Gasteiger partial charge on any atom is -0.444 e. The quantitative estimate of drug-likeness (QED) is 0.823. The minimum atomic E-state index is -0.173. The van der Waals surface area contributed by atoms with Crippen molar-refractivity contribution < 1.29 is 9.21 Å². The van der Waals surface area contributed by atoms with Gasteiger partial charge in [0.05, 0.1) is 0 Å². The van der Waals surface area contributed by atoms with Crippen molar-refractivity contribution in [3.05, 3.63) is 22.6 Å². The van der Waals surface area contributed by atoms with Crippen LogP contribution in [0, 0.1) is 5.41 Å². The van der Waals surface area contributed by atoms with Gasteiger partial charge in [-0.05, 0) is 39.9 Å². The molecule has 1 rings (SSSR count). The van der Waals surface area contributed by atoms with Gasteiger partial charge in [0.1, 0.15) is 0 Å². The van der Waals surface area contributed by atoms with Crippen LogP contribution in [-0.2, 0) is 0 Å². The van der Waals surface area contributed by atoms with E-state index < -0.39 is 0 Å². The van der Waals surface area contributed by atoms with Gasteiger partial charge in [0.2, 0.25) is 0 Å². The molecule has 0 bridgehead atoms. The van der Waals surface area contributed by atoms with Gasteiger partial charge in [-0.2, -0.15) is 0 Å². The number of furan rings is 1. The number of amides is 1. The van der Waals surface area contributed by atoms with Crippen molar-refractivity contribution in [3.63, 3.8) is 0 Å². The standard InChI is InChI=1S/C11H15Br2NO2/c1-11(2,5-6-12)7-14-10(15)8-3-4-9(13)16-8/h3-4H,5-7H2,1-2H3,(H,14,15). The Morgan fingerprint density at radius 2 is 2.19 bits per heavy atom. The average Bonchev–Trinajstić information content (AvgIpc) is 2.61. The summed E-state index contributed by atoms with van der Waals surface area (Å²) in [4.78, 5) is 11.7. The molecule has 0 radical (unpaired) electrons. The molecule has 16 heavy (non-hydrogen) atoms. The summed E-state index contributed by atoms with van der Waals surface area (Å²) in [5.74, 6) is 0.162. The fourth-order valence-corrected chi connectivity index (χ4v) is 2.57. The Morgan fingerprint density at radius 3 is 2.69 bits per heavy atom. The second-order valence-corrected chi connectivity index (χ2v) is 5.96. The molecule has 0 aromatic carbocycles. The molecular formula is C11H15Br2NO2. The van der Waals surface area contributed by atoms with E-state index in [1.165, 1.54) is 0 Å². The molecule has 90 valence electrons. The van der Waals surface area contributed by atoms with E-state index in [1.807, 2.05) is 0 Å². The Morgan fingerprint density at radius 1 is 1.50 bits per heavy atom. The van der Waals surface area contributed by atoms with Gasteiger partial charge in [-0.1, -0.05) is 29.8 Å². The first-order valence-electron chi connectivity index (χ1n) is 5.04. The lowest BCUT2D eigenvalue weighted by atomic mass is 9.90. The molecule has 1 aromatic heterocycles. The fraction of sp³-hybridized carbons (Fsp3) is 0.545. The van der Waals surface area contributed by atoms with Gasteiger partial charge < -0.3 is 9.73 Å². The molecule has 1 heterocycles. The highest BCUT2D eigenvalue weighted by atomic mass is 79.9. The molecule has 0 aliphatic rings. The first-order valence-corrected chi connectivity index (χ1v) is 6.95. The molecule has 0 saturated carbocycles. The molecule has 0 aliphatic carbocycles. The predicted molar refractivity (Wildman–Crippen MR) is 70.9 cm³/mol. The van der Waals surface area contributed by atoms with Crippen LogP contribution in [-0.4, -0.2) is 17.8 Å². The zero-order chi connectivity index (χ0) is 12.2. The smallest absolute Gasteiger partial charge is 0.287 e. The van der Waals surface area contributed by atoms with Crippen molar-refractivity contribution >= 4 is 37.8 Å². The van der Waals surface area contributed by atoms with Crippen LogP contribution in [0.3, 0.4) is 0 Å². The first kappa shape index (κ1) is 13.8. The third-order valence-corrected chi connectivity index (χ3v) is 3.12. The van der Waals surface area contributed by atoms with E-state index in [0.717, 1.165) is 11.8 Å². The van der Waals surface area contributed by atoms with Crippen LogP contribution in [0.15, 0.2) is 21.2 Å². The molecule has 0 saturated heterocycles. The van der Waals surface area contributed by atoms with Gasteiger partial charge in [0.25, 0.3) is 5.91 Å². The molecule has 0 aliphatic heterocycles. The Labute approximate surface area is 112 Å². The zero-order valence-electron chi connectivity index (χ0n) is 9.35. The highest BCUT2D eigenvalue weighted by molar-refractivity contribution is 9.10. The van der Waals surface area contributed by atoms with E-state index in [9.17, 15) is 4.79 Å². The summed E-state index contributed by atoms with van der Waals surface area (Å²) in [6.45, 7) is 4.87. The van der Waals surface area contributed by atoms with Crippen LogP contribution in [0.1, 0.15) is 30.8 Å². The maximum absolute atomic E-state index is 11.7. The van der Waals surface area contributed by atoms with Crippen molar-refractivity contribution in [2.24, 2.45) is 5.41 Å². The third-order valence-electron chi connectivity index (χ3n) is 2.30. The zero-order valence-corrected chi connectivity index (χ0v) is 12.5. The van der Waals surface area contributed by atoms with E-state index in [4.69, 9.17) is 4.42 Å². The van der Waals surface area contributed by atoms with Crippen molar-refractivity contribution in [1.29, 1.82) is 0 Å². The lowest BCUT2D eigenvalue weighted by Gasteiger charge is -2.23. The van der Waals surface area contributed by atoms with Gasteiger partial charge >= 0.3 is 0 Å². The largest absolute Gasteiger partial charge is 0.444 e. The Balaban J connectivity index is 2.47. The van der Waals surface area contributed by atoms with E-state index in [0.29, 0.717) is 17.0 Å². The normalized spacial score (nSPS) is 11.5. The highest BCUT2D eigenvalue weighted by Gasteiger charge is 2.19. The number of nitrogens with one attached hydrogen (secondary N) is 1. The second-order valence-electron chi connectivity index (χ2n) is 4.39. The van der Waals surface area contributed by atoms with E-state index in [2.05, 4.69) is 51.0 Å². The summed E-state index contributed by atoms with van der Waals surface area (Å²) in [7, 11) is 0. The number of rotatable bonds is 5. The van der Waals surface area contributed by atoms with Crippen molar-refractivity contribution in [2.75, 3.05) is 11.9 Å². The summed E-state index contributed by atoms with van der Waals surface area (Å²) >= 11 is 6.57. The van der Waals surface area contributed by atoms with Crippen LogP contribution in [0.5, 0.6) is 0 Å². The Bertz CT molecular complexity index is 361. The molecule has 0 spiro atoms. The summed E-state index contributed by atoms with van der Waals surface area (Å²) in [5.41, 5.74) is 0.0863. The number of alkyl halides is 1. The summed E-state index contributed by atoms with van der Waals surface area (Å²) in [6, 6.07) is 3.36. The van der Waals surface area contributed by atoms with E-state index in [-0.39, 0.29) is 11.3 Å².